The fraction of sp³-hybridized carbons (Fsp3) is 0.429. The summed E-state index contributed by atoms with van der Waals surface area (Å²) in [6.45, 7) is 3.80. The highest BCUT2D eigenvalue weighted by Crippen LogP contribution is 2.23. The molecule has 170 valence electrons. The van der Waals surface area contributed by atoms with Gasteiger partial charge in [0.15, 0.2) is 5.82 Å². The maximum atomic E-state index is 12.9. The van der Waals surface area contributed by atoms with Crippen molar-refractivity contribution in [3.8, 4) is 28.3 Å². The van der Waals surface area contributed by atoms with Gasteiger partial charge in [0.05, 0.1) is 0 Å². The third kappa shape index (κ3) is 7.74. The highest BCUT2D eigenvalue weighted by atomic mass is 19.1. The second kappa shape index (κ2) is 12.9. The summed E-state index contributed by atoms with van der Waals surface area (Å²) in [5.41, 5.74) is 4.43. The Labute approximate surface area is 192 Å². The summed E-state index contributed by atoms with van der Waals surface area (Å²) >= 11 is 0. The van der Waals surface area contributed by atoms with Crippen LogP contribution in [0.5, 0.6) is 5.75 Å². The molecule has 0 saturated carbocycles. The van der Waals surface area contributed by atoms with E-state index in [2.05, 4.69) is 41.2 Å². The predicted octanol–water partition coefficient (Wildman–Crippen LogP) is 7.84. The molecule has 3 rings (SSSR count). The lowest BCUT2D eigenvalue weighted by Gasteiger charge is -2.08. The number of hydrogen-bond acceptors (Lipinski definition) is 3. The molecule has 1 aromatic heterocycles. The Bertz CT molecular complexity index is 906. The van der Waals surface area contributed by atoms with E-state index in [-0.39, 0.29) is 6.61 Å². The molecule has 32 heavy (non-hydrogen) atoms. The molecule has 1 atom stereocenters. The van der Waals surface area contributed by atoms with Crippen molar-refractivity contribution in [1.82, 2.24) is 9.97 Å². The fourth-order valence-electron chi connectivity index (χ4n) is 3.69. The molecule has 3 nitrogen and oxygen atoms in total. The van der Waals surface area contributed by atoms with Gasteiger partial charge in [-0.05, 0) is 55.2 Å². The van der Waals surface area contributed by atoms with Crippen molar-refractivity contribution in [2.45, 2.75) is 71.4 Å². The van der Waals surface area contributed by atoms with Gasteiger partial charge < -0.3 is 4.74 Å². The van der Waals surface area contributed by atoms with Crippen LogP contribution < -0.4 is 4.74 Å². The fourth-order valence-corrected chi connectivity index (χ4v) is 3.69. The molecule has 0 bridgehead atoms. The molecule has 0 amide bonds. The first-order valence-electron chi connectivity index (χ1n) is 11.9. The van der Waals surface area contributed by atoms with Crippen LogP contribution in [0.2, 0.25) is 0 Å². The molecule has 0 N–H and O–H groups in total. The second-order valence-corrected chi connectivity index (χ2v) is 8.48. The van der Waals surface area contributed by atoms with Crippen LogP contribution in [-0.2, 0) is 6.42 Å². The Morgan fingerprint density at radius 2 is 1.34 bits per heavy atom. The van der Waals surface area contributed by atoms with E-state index >= 15 is 0 Å². The van der Waals surface area contributed by atoms with Gasteiger partial charge in [-0.2, -0.15) is 0 Å². The maximum Gasteiger partial charge on any atom is 0.159 e. The van der Waals surface area contributed by atoms with Crippen LogP contribution in [0.15, 0.2) is 60.9 Å². The van der Waals surface area contributed by atoms with Crippen LogP contribution in [0.3, 0.4) is 0 Å². The van der Waals surface area contributed by atoms with Gasteiger partial charge in [-0.1, -0.05) is 69.7 Å². The lowest BCUT2D eigenvalue weighted by atomic mass is 10.0. The van der Waals surface area contributed by atoms with E-state index in [1.54, 1.807) is 0 Å². The number of rotatable bonds is 13. The van der Waals surface area contributed by atoms with Crippen molar-refractivity contribution in [2.75, 3.05) is 6.61 Å². The largest absolute Gasteiger partial charge is 0.491 e. The molecule has 1 heterocycles. The minimum Gasteiger partial charge on any atom is -0.491 e. The third-order valence-electron chi connectivity index (χ3n) is 5.60. The number of hydrogen-bond donors (Lipinski definition) is 0. The molecular formula is C28H35FN2O. The van der Waals surface area contributed by atoms with Crippen molar-refractivity contribution >= 4 is 0 Å². The Hall–Kier alpha value is -2.75. The normalized spacial score (nSPS) is 12.0. The highest BCUT2D eigenvalue weighted by molar-refractivity contribution is 5.64. The van der Waals surface area contributed by atoms with Gasteiger partial charge in [-0.15, -0.1) is 0 Å². The number of alkyl halides is 1. The maximum absolute atomic E-state index is 12.9. The van der Waals surface area contributed by atoms with E-state index in [0.29, 0.717) is 11.6 Å². The van der Waals surface area contributed by atoms with Crippen LogP contribution in [-0.4, -0.2) is 22.7 Å². The molecule has 4 heteroatoms. The van der Waals surface area contributed by atoms with E-state index in [4.69, 9.17) is 4.74 Å². The highest BCUT2D eigenvalue weighted by Gasteiger charge is 2.05. The Morgan fingerprint density at radius 1 is 0.750 bits per heavy atom. The van der Waals surface area contributed by atoms with Crippen LogP contribution in [0, 0.1) is 0 Å². The summed E-state index contributed by atoms with van der Waals surface area (Å²) < 4.78 is 18.3. The number of aryl methyl sites for hydroxylation is 1. The first kappa shape index (κ1) is 23.9. The molecule has 0 spiro atoms. The Morgan fingerprint density at radius 3 is 1.97 bits per heavy atom. The number of nitrogens with zero attached hydrogens (tertiary/aromatic N) is 2. The lowest BCUT2D eigenvalue weighted by molar-refractivity contribution is 0.210. The van der Waals surface area contributed by atoms with Gasteiger partial charge >= 0.3 is 0 Å². The Balaban J connectivity index is 1.50. The summed E-state index contributed by atoms with van der Waals surface area (Å²) in [5.74, 6) is 1.31. The first-order chi connectivity index (χ1) is 15.7. The molecule has 3 aromatic rings. The predicted molar refractivity (Wildman–Crippen MR) is 131 cm³/mol. The van der Waals surface area contributed by atoms with Crippen LogP contribution in [0.4, 0.5) is 4.39 Å². The van der Waals surface area contributed by atoms with Crippen molar-refractivity contribution in [3.05, 3.63) is 66.5 Å². The quantitative estimate of drug-likeness (QED) is 0.257. The van der Waals surface area contributed by atoms with Gasteiger partial charge in [0.2, 0.25) is 0 Å². The van der Waals surface area contributed by atoms with Crippen LogP contribution in [0.25, 0.3) is 22.5 Å². The molecule has 0 radical (unpaired) electrons. The standard InChI is InChI=1S/C28H35FN2O/c1-3-4-5-6-7-8-9-10-23-11-13-24(14-12-23)26-19-30-28(31-20-26)25-15-17-27(18-16-25)32-21-22(2)29/h11-20,22H,3-10,21H2,1-2H3. The van der Waals surface area contributed by atoms with E-state index < -0.39 is 6.17 Å². The topological polar surface area (TPSA) is 35.0 Å². The summed E-state index contributed by atoms with van der Waals surface area (Å²) in [4.78, 5) is 9.06. The molecule has 1 unspecified atom stereocenters. The van der Waals surface area contributed by atoms with E-state index in [9.17, 15) is 4.39 Å². The number of ether oxygens (including phenoxy) is 1. The first-order valence-corrected chi connectivity index (χ1v) is 11.9. The molecule has 0 saturated heterocycles. The number of unbranched alkanes of at least 4 members (excludes halogenated alkanes) is 6. The van der Waals surface area contributed by atoms with Gasteiger partial charge in [-0.3, -0.25) is 0 Å². The van der Waals surface area contributed by atoms with Crippen LogP contribution in [0.1, 0.15) is 64.4 Å². The van der Waals surface area contributed by atoms with Gasteiger partial charge in [-0.25, -0.2) is 14.4 Å². The minimum absolute atomic E-state index is 0.0579. The lowest BCUT2D eigenvalue weighted by Crippen LogP contribution is -2.08. The zero-order chi connectivity index (χ0) is 22.6. The summed E-state index contributed by atoms with van der Waals surface area (Å²) in [6.07, 6.45) is 13.3. The summed E-state index contributed by atoms with van der Waals surface area (Å²) in [7, 11) is 0. The smallest absolute Gasteiger partial charge is 0.159 e. The zero-order valence-corrected chi connectivity index (χ0v) is 19.4. The van der Waals surface area contributed by atoms with Crippen molar-refractivity contribution in [1.29, 1.82) is 0 Å². The SMILES string of the molecule is CCCCCCCCCc1ccc(-c2cnc(-c3ccc(OCC(C)F)cc3)nc2)cc1. The summed E-state index contributed by atoms with van der Waals surface area (Å²) in [5, 5.41) is 0. The number of benzene rings is 2. The molecular weight excluding hydrogens is 399 g/mol. The van der Waals surface area contributed by atoms with Crippen LogP contribution >= 0.6 is 0 Å². The minimum atomic E-state index is -0.986. The van der Waals surface area contributed by atoms with E-state index in [1.165, 1.54) is 57.4 Å². The van der Waals surface area contributed by atoms with Gasteiger partial charge in [0, 0.05) is 23.5 Å². The molecule has 2 aromatic carbocycles. The molecule has 0 aliphatic heterocycles. The molecule has 0 aliphatic rings. The average Bonchev–Trinajstić information content (AvgIpc) is 2.83. The Kier molecular flexibility index (Phi) is 9.67. The van der Waals surface area contributed by atoms with E-state index in [0.717, 1.165) is 23.1 Å². The number of halogens is 1. The third-order valence-corrected chi connectivity index (χ3v) is 5.60. The van der Waals surface area contributed by atoms with Gasteiger partial charge in [0.25, 0.3) is 0 Å². The van der Waals surface area contributed by atoms with E-state index in [1.807, 2.05) is 36.7 Å². The number of aromatic nitrogens is 2. The zero-order valence-electron chi connectivity index (χ0n) is 19.4. The van der Waals surface area contributed by atoms with Crippen molar-refractivity contribution in [2.24, 2.45) is 0 Å². The monoisotopic (exact) mass is 434 g/mol. The van der Waals surface area contributed by atoms with Gasteiger partial charge in [0.1, 0.15) is 18.5 Å². The average molecular weight is 435 g/mol. The summed E-state index contributed by atoms with van der Waals surface area (Å²) in [6, 6.07) is 16.2. The van der Waals surface area contributed by atoms with Crippen molar-refractivity contribution in [3.63, 3.8) is 0 Å². The molecule has 0 aliphatic carbocycles. The molecule has 0 fully saturated rings. The van der Waals surface area contributed by atoms with Crippen molar-refractivity contribution < 1.29 is 9.13 Å². The second-order valence-electron chi connectivity index (χ2n) is 8.48.